The summed E-state index contributed by atoms with van der Waals surface area (Å²) in [6.07, 6.45) is 8.67. The Kier molecular flexibility index (Phi) is 32.4. The van der Waals surface area contributed by atoms with Crippen LogP contribution in [0.2, 0.25) is 25.1 Å². The van der Waals surface area contributed by atoms with E-state index in [1.807, 2.05) is 137 Å². The van der Waals surface area contributed by atoms with Gasteiger partial charge in [0, 0.05) is 182 Å². The van der Waals surface area contributed by atoms with Gasteiger partial charge < -0.3 is 72.7 Å². The van der Waals surface area contributed by atoms with E-state index < -0.39 is 0 Å². The minimum absolute atomic E-state index is 0.00805. The molecule has 7 N–H and O–H groups in total. The lowest BCUT2D eigenvalue weighted by molar-refractivity contribution is 0.184. The summed E-state index contributed by atoms with van der Waals surface area (Å²) in [5.74, 6) is 6.41. The maximum absolute atomic E-state index is 12.9. The second-order valence-electron chi connectivity index (χ2n) is 42.0. The SMILES string of the molecule is C[C@@H]1CN(c2ncccc2Cl)CCN1C(=O)Nc1nc2ccc(C(C)(C)C)cc2[nH]1.C[C@H]1CN(c2ncccc2Cl)CCN1C(=O)Nc1nc2ccc(C(C)(C)C)cc2[nH]1.Cc1cc2nc(NC(=O)N3CCN(c4ncccc4Cl)CC3)n(C)c2cc1C.Cn1c(NC(=O)N2CCN(c3ncccc3Cl)CC2)nc2cc(C(C)(C)C)ccc21.Cn1c(NC(=O)N2CCN(c3ncccc3Cl)CC2)nc2ccc(C(C)(C)C)cc21. The number of urea groups is 5. The Balaban J connectivity index is 0.000000132. The van der Waals surface area contributed by atoms with Gasteiger partial charge in [0.15, 0.2) is 0 Å². The smallest absolute Gasteiger partial charge is 0.324 e. The number of imidazole rings is 5. The van der Waals surface area contributed by atoms with Crippen molar-refractivity contribution in [3.63, 3.8) is 0 Å². The topological polar surface area (TPSA) is 353 Å². The van der Waals surface area contributed by atoms with Crippen molar-refractivity contribution in [2.24, 2.45) is 21.1 Å². The van der Waals surface area contributed by atoms with Gasteiger partial charge in [-0.2, -0.15) is 0 Å². The molecule has 10 amide bonds. The van der Waals surface area contributed by atoms with Gasteiger partial charge in [0.05, 0.1) is 80.3 Å². The summed E-state index contributed by atoms with van der Waals surface area (Å²) >= 11 is 31.3. The number of aromatic nitrogens is 15. The first-order chi connectivity index (χ1) is 70.3. The van der Waals surface area contributed by atoms with Gasteiger partial charge in [-0.05, 0) is 204 Å². The van der Waals surface area contributed by atoms with Crippen molar-refractivity contribution >= 4 is 202 Å². The lowest BCUT2D eigenvalue weighted by Crippen LogP contribution is -2.55. The van der Waals surface area contributed by atoms with E-state index in [0.717, 1.165) is 84.3 Å². The average molecular weight is 2110 g/mol. The number of fused-ring (bicyclic) bond motifs is 5. The number of hydrogen-bond donors (Lipinski definition) is 7. The van der Waals surface area contributed by atoms with Gasteiger partial charge >= 0.3 is 30.2 Å². The van der Waals surface area contributed by atoms with E-state index in [9.17, 15) is 24.0 Å². The number of H-pyrrole nitrogens is 2. The fourth-order valence-electron chi connectivity index (χ4n) is 18.4. The maximum atomic E-state index is 12.9. The van der Waals surface area contributed by atoms with Gasteiger partial charge in [0.25, 0.3) is 0 Å². The zero-order valence-corrected chi connectivity index (χ0v) is 91.1. The molecule has 10 aromatic heterocycles. The Hall–Kier alpha value is -14.0. The molecule has 20 rings (SSSR count). The van der Waals surface area contributed by atoms with E-state index in [0.29, 0.717) is 173 Å². The number of carbonyl (C=O) groups is 5. The largest absolute Gasteiger partial charge is 0.352 e. The van der Waals surface area contributed by atoms with Gasteiger partial charge in [-0.15, -0.1) is 0 Å². The van der Waals surface area contributed by atoms with Gasteiger partial charge in [-0.3, -0.25) is 26.6 Å². The summed E-state index contributed by atoms with van der Waals surface area (Å²) in [6, 6.07) is 46.5. The summed E-state index contributed by atoms with van der Waals surface area (Å²) in [5, 5.41) is 17.9. The van der Waals surface area contributed by atoms with E-state index in [1.165, 1.54) is 33.4 Å². The number of aryl methyl sites for hydroxylation is 5. The Labute approximate surface area is 887 Å². The fourth-order valence-corrected chi connectivity index (χ4v) is 19.6. The molecule has 40 heteroatoms. The molecule has 0 spiro atoms. The zero-order chi connectivity index (χ0) is 106. The third-order valence-corrected chi connectivity index (χ3v) is 28.9. The first kappa shape index (κ1) is 107. The molecule has 5 aliphatic rings. The van der Waals surface area contributed by atoms with Crippen LogP contribution in [0.5, 0.6) is 0 Å². The molecule has 5 aromatic carbocycles. The Bertz CT molecular complexity index is 7080. The lowest BCUT2D eigenvalue weighted by Gasteiger charge is -2.40. The lowest BCUT2D eigenvalue weighted by atomic mass is 9.87. The maximum Gasteiger partial charge on any atom is 0.324 e. The third-order valence-electron chi connectivity index (χ3n) is 27.5. The number of piperazine rings is 5. The molecule has 148 heavy (non-hydrogen) atoms. The number of benzene rings is 5. The average Bonchev–Trinajstić information content (AvgIpc) is 1.66. The third kappa shape index (κ3) is 25.0. The normalized spacial score (nSPS) is 15.9. The number of hydrogen-bond acceptors (Lipinski definition) is 20. The summed E-state index contributed by atoms with van der Waals surface area (Å²) in [5.41, 5.74) is 16.6. The molecule has 5 saturated heterocycles. The van der Waals surface area contributed by atoms with Crippen molar-refractivity contribution in [2.45, 2.75) is 145 Å². The zero-order valence-electron chi connectivity index (χ0n) is 87.3. The molecule has 0 unspecified atom stereocenters. The highest BCUT2D eigenvalue weighted by Gasteiger charge is 2.35. The predicted octanol–water partition coefficient (Wildman–Crippen LogP) is 21.4. The Morgan fingerprint density at radius 3 is 0.926 bits per heavy atom. The number of anilines is 10. The molecule has 778 valence electrons. The molecule has 15 aromatic rings. The number of amides is 10. The predicted molar refractivity (Wildman–Crippen MR) is 598 cm³/mol. The molecule has 0 saturated carbocycles. The Morgan fingerprint density at radius 2 is 0.588 bits per heavy atom. The van der Waals surface area contributed by atoms with Crippen LogP contribution in [-0.2, 0) is 42.8 Å². The van der Waals surface area contributed by atoms with E-state index in [-0.39, 0.29) is 63.9 Å². The van der Waals surface area contributed by atoms with Crippen LogP contribution in [0.1, 0.15) is 130 Å². The van der Waals surface area contributed by atoms with Crippen LogP contribution in [0.15, 0.2) is 177 Å². The Morgan fingerprint density at radius 1 is 0.304 bits per heavy atom. The summed E-state index contributed by atoms with van der Waals surface area (Å²) in [7, 11) is 5.77. The minimum Gasteiger partial charge on any atom is -0.352 e. The fraction of sp³-hybridized carbons (Fsp3) is 0.398. The van der Waals surface area contributed by atoms with Crippen LogP contribution < -0.4 is 51.1 Å². The van der Waals surface area contributed by atoms with Crippen LogP contribution in [0.25, 0.3) is 55.2 Å². The van der Waals surface area contributed by atoms with Crippen LogP contribution in [0, 0.1) is 13.8 Å². The number of carbonyl (C=O) groups excluding carboxylic acids is 5. The van der Waals surface area contributed by atoms with Gasteiger partial charge in [-0.25, -0.2) is 73.8 Å². The second kappa shape index (κ2) is 45.0. The molecule has 0 bridgehead atoms. The van der Waals surface area contributed by atoms with Gasteiger partial charge in [0.2, 0.25) is 29.7 Å². The molecule has 0 radical (unpaired) electrons. The van der Waals surface area contributed by atoms with Crippen molar-refractivity contribution in [2.75, 3.05) is 169 Å². The number of aromatic amines is 2. The summed E-state index contributed by atoms with van der Waals surface area (Å²) in [4.78, 5) is 135. The molecule has 2 atom stereocenters. The van der Waals surface area contributed by atoms with Crippen molar-refractivity contribution in [3.05, 3.63) is 235 Å². The van der Waals surface area contributed by atoms with Crippen LogP contribution in [0.3, 0.4) is 0 Å². The van der Waals surface area contributed by atoms with Crippen LogP contribution in [-0.4, -0.2) is 258 Å². The highest BCUT2D eigenvalue weighted by Crippen LogP contribution is 2.37. The minimum atomic E-state index is -0.163. The first-order valence-electron chi connectivity index (χ1n) is 49.8. The molecular formula is C108H131Cl5N30O5. The monoisotopic (exact) mass is 2100 g/mol. The van der Waals surface area contributed by atoms with E-state index in [1.54, 1.807) is 45.7 Å². The first-order valence-corrected chi connectivity index (χ1v) is 51.7. The summed E-state index contributed by atoms with van der Waals surface area (Å²) in [6.45, 7) is 45.8. The van der Waals surface area contributed by atoms with Crippen LogP contribution in [0.4, 0.5) is 82.8 Å². The van der Waals surface area contributed by atoms with Crippen molar-refractivity contribution < 1.29 is 24.0 Å². The van der Waals surface area contributed by atoms with Gasteiger partial charge in [0.1, 0.15) is 29.1 Å². The highest BCUT2D eigenvalue weighted by atomic mass is 35.5. The van der Waals surface area contributed by atoms with Crippen LogP contribution >= 0.6 is 58.0 Å². The number of nitrogens with one attached hydrogen (secondary N) is 7. The molecule has 35 nitrogen and oxygen atoms in total. The van der Waals surface area contributed by atoms with Crippen molar-refractivity contribution in [1.29, 1.82) is 0 Å². The van der Waals surface area contributed by atoms with E-state index in [2.05, 4.69) is 275 Å². The molecular weight excluding hydrogens is 1970 g/mol. The molecule has 5 aliphatic heterocycles. The number of pyridine rings is 5. The number of halogens is 5. The van der Waals surface area contributed by atoms with Gasteiger partial charge in [-0.1, -0.05) is 165 Å². The van der Waals surface area contributed by atoms with Crippen molar-refractivity contribution in [1.82, 2.24) is 98.0 Å². The number of rotatable bonds is 10. The van der Waals surface area contributed by atoms with E-state index in [4.69, 9.17) is 58.0 Å². The highest BCUT2D eigenvalue weighted by molar-refractivity contribution is 6.34. The quantitative estimate of drug-likeness (QED) is 0.0669. The second-order valence-corrected chi connectivity index (χ2v) is 44.1. The standard InChI is InChI=1S/4C22H27ClN6O.C20H23ClN6O/c1-22(2,3)15-7-8-18-17(14-15)25-20(27(18)4)26-21(30)29-12-10-28(11-13-29)19-16(23)6-5-9-24-19;1-22(2,3)15-7-8-17-18(14-15)27(4)20(25-17)26-21(30)29-12-10-28(11-13-29)19-16(23)6-5-9-24-19;2*1-14-13-28(19-16(23)6-5-9-24-19)10-11-29(14)21(30)27-20-25-17-8-7-15(22(2,3)4)12-18(17)26-20;1-13-11-16-17(12-14(13)2)25(3)19(23-16)24-20(28)27-9-7-26(8-10-27)18-15(21)5-4-6-22-18/h2*5-9,14H,10-13H2,1-4H3,(H,25,26,30);2*5-9,12,14H,10-11,13H2,1-4H3,(H2,25,26,27,30);4-6,11-12H,7-10H2,1-3H3,(H,23,24,28)/t;;2*14-;/m..10./s1. The number of nitrogens with zero attached hydrogens (tertiary/aromatic N) is 23. The molecule has 15 heterocycles. The molecule has 5 fully saturated rings. The molecule has 0 aliphatic carbocycles. The van der Waals surface area contributed by atoms with E-state index >= 15 is 0 Å². The summed E-state index contributed by atoms with van der Waals surface area (Å²) < 4.78 is 5.78. The van der Waals surface area contributed by atoms with Crippen molar-refractivity contribution in [3.8, 4) is 0 Å².